The number of nitrogens with zero attached hydrogens (tertiary/aromatic N) is 2. The minimum Gasteiger partial charge on any atom is -0.494 e. The van der Waals surface area contributed by atoms with Gasteiger partial charge < -0.3 is 20.1 Å². The molecule has 2 rings (SSSR count). The Morgan fingerprint density at radius 3 is 2.52 bits per heavy atom. The molecule has 0 saturated carbocycles. The fourth-order valence-electron chi connectivity index (χ4n) is 2.80. The second-order valence-electron chi connectivity index (χ2n) is 6.92. The van der Waals surface area contributed by atoms with Crippen LogP contribution in [0.15, 0.2) is 29.3 Å². The molecule has 1 aromatic carbocycles. The molecule has 0 aromatic heterocycles. The quantitative estimate of drug-likeness (QED) is 0.252. The standard InChI is InChI=1S/C19H31FN4O2.HI/c1-19(2,24-10-13-25-14-11-24)15-23-18(21-3)22-9-4-12-26-17-7-5-16(20)6-8-17;/h5-8H,4,9-15H2,1-3H3,(H2,21,22,23);1H. The van der Waals surface area contributed by atoms with Gasteiger partial charge in [-0.3, -0.25) is 9.89 Å². The summed E-state index contributed by atoms with van der Waals surface area (Å²) in [5, 5.41) is 6.69. The fraction of sp³-hybridized carbons (Fsp3) is 0.632. The summed E-state index contributed by atoms with van der Waals surface area (Å²) in [5.41, 5.74) is 0.0348. The molecule has 1 aliphatic rings. The second-order valence-corrected chi connectivity index (χ2v) is 6.92. The van der Waals surface area contributed by atoms with Crippen molar-refractivity contribution in [2.75, 3.05) is 53.0 Å². The molecule has 0 amide bonds. The van der Waals surface area contributed by atoms with Gasteiger partial charge in [0.25, 0.3) is 0 Å². The van der Waals surface area contributed by atoms with Crippen LogP contribution in [0, 0.1) is 5.82 Å². The maximum Gasteiger partial charge on any atom is 0.191 e. The molecule has 1 saturated heterocycles. The monoisotopic (exact) mass is 494 g/mol. The zero-order valence-corrected chi connectivity index (χ0v) is 18.8. The van der Waals surface area contributed by atoms with Crippen LogP contribution in [-0.4, -0.2) is 69.4 Å². The molecule has 0 radical (unpaired) electrons. The lowest BCUT2D eigenvalue weighted by atomic mass is 10.0. The number of hydrogen-bond donors (Lipinski definition) is 2. The molecule has 1 aliphatic heterocycles. The first-order chi connectivity index (χ1) is 12.5. The van der Waals surface area contributed by atoms with Gasteiger partial charge in [0.15, 0.2) is 5.96 Å². The number of guanidine groups is 1. The van der Waals surface area contributed by atoms with Crippen molar-refractivity contribution in [2.24, 2.45) is 4.99 Å². The van der Waals surface area contributed by atoms with Gasteiger partial charge in [-0.1, -0.05) is 0 Å². The van der Waals surface area contributed by atoms with Gasteiger partial charge in [0.05, 0.1) is 19.8 Å². The predicted molar refractivity (Wildman–Crippen MR) is 118 cm³/mol. The molecule has 1 aromatic rings. The zero-order valence-electron chi connectivity index (χ0n) is 16.5. The molecule has 2 N–H and O–H groups in total. The maximum atomic E-state index is 12.8. The number of halogens is 2. The summed E-state index contributed by atoms with van der Waals surface area (Å²) in [7, 11) is 1.77. The van der Waals surface area contributed by atoms with E-state index in [-0.39, 0.29) is 35.3 Å². The minimum absolute atomic E-state index is 0. The SMILES string of the molecule is CN=C(NCCCOc1ccc(F)cc1)NCC(C)(C)N1CCOCC1.I. The second kappa shape index (κ2) is 12.4. The van der Waals surface area contributed by atoms with E-state index in [1.807, 2.05) is 0 Å². The lowest BCUT2D eigenvalue weighted by Gasteiger charge is -2.41. The molecule has 0 atom stereocenters. The number of hydrogen-bond acceptors (Lipinski definition) is 4. The largest absolute Gasteiger partial charge is 0.494 e. The van der Waals surface area contributed by atoms with E-state index in [0.29, 0.717) is 12.4 Å². The third-order valence-electron chi connectivity index (χ3n) is 4.48. The fourth-order valence-corrected chi connectivity index (χ4v) is 2.80. The Morgan fingerprint density at radius 1 is 1.22 bits per heavy atom. The number of nitrogens with one attached hydrogen (secondary N) is 2. The van der Waals surface area contributed by atoms with Crippen LogP contribution in [0.5, 0.6) is 5.75 Å². The summed E-state index contributed by atoms with van der Waals surface area (Å²) in [6, 6.07) is 6.07. The summed E-state index contributed by atoms with van der Waals surface area (Å²) >= 11 is 0. The lowest BCUT2D eigenvalue weighted by Crippen LogP contribution is -2.56. The topological polar surface area (TPSA) is 58.1 Å². The summed E-state index contributed by atoms with van der Waals surface area (Å²) < 4.78 is 23.8. The molecule has 0 spiro atoms. The Balaban J connectivity index is 0.00000364. The highest BCUT2D eigenvalue weighted by atomic mass is 127. The van der Waals surface area contributed by atoms with Gasteiger partial charge in [-0.05, 0) is 44.5 Å². The van der Waals surface area contributed by atoms with Crippen molar-refractivity contribution in [3.63, 3.8) is 0 Å². The van der Waals surface area contributed by atoms with Crippen LogP contribution in [0.25, 0.3) is 0 Å². The van der Waals surface area contributed by atoms with Gasteiger partial charge in [0.2, 0.25) is 0 Å². The van der Waals surface area contributed by atoms with Crippen LogP contribution in [0.4, 0.5) is 4.39 Å². The van der Waals surface area contributed by atoms with Crippen LogP contribution in [0.1, 0.15) is 20.3 Å². The molecular weight excluding hydrogens is 462 g/mol. The molecular formula is C19H32FIN4O2. The highest BCUT2D eigenvalue weighted by Gasteiger charge is 2.28. The molecule has 1 fully saturated rings. The lowest BCUT2D eigenvalue weighted by molar-refractivity contribution is -0.00833. The molecule has 6 nitrogen and oxygen atoms in total. The van der Waals surface area contributed by atoms with Crippen molar-refractivity contribution in [3.8, 4) is 5.75 Å². The average molecular weight is 494 g/mol. The summed E-state index contributed by atoms with van der Waals surface area (Å²) in [5.74, 6) is 1.21. The van der Waals surface area contributed by atoms with Crippen LogP contribution in [-0.2, 0) is 4.74 Å². The van der Waals surface area contributed by atoms with E-state index in [9.17, 15) is 4.39 Å². The maximum absolute atomic E-state index is 12.8. The van der Waals surface area contributed by atoms with Crippen molar-refractivity contribution >= 4 is 29.9 Å². The van der Waals surface area contributed by atoms with Gasteiger partial charge >= 0.3 is 0 Å². The Hall–Kier alpha value is -1.13. The van der Waals surface area contributed by atoms with Gasteiger partial charge in [0.1, 0.15) is 11.6 Å². The summed E-state index contributed by atoms with van der Waals surface area (Å²) in [6.45, 7) is 10.1. The van der Waals surface area contributed by atoms with E-state index in [0.717, 1.165) is 51.8 Å². The molecule has 0 bridgehead atoms. The van der Waals surface area contributed by atoms with Crippen molar-refractivity contribution in [1.29, 1.82) is 0 Å². The molecule has 8 heteroatoms. The van der Waals surface area contributed by atoms with E-state index in [4.69, 9.17) is 9.47 Å². The number of aliphatic imine (C=N–C) groups is 1. The number of benzene rings is 1. The van der Waals surface area contributed by atoms with E-state index in [1.54, 1.807) is 19.2 Å². The van der Waals surface area contributed by atoms with Crippen molar-refractivity contribution in [1.82, 2.24) is 15.5 Å². The first-order valence-electron chi connectivity index (χ1n) is 9.17. The third kappa shape index (κ3) is 8.61. The van der Waals surface area contributed by atoms with E-state index < -0.39 is 0 Å². The van der Waals surface area contributed by atoms with Crippen LogP contribution >= 0.6 is 24.0 Å². The highest BCUT2D eigenvalue weighted by molar-refractivity contribution is 14.0. The van der Waals surface area contributed by atoms with E-state index >= 15 is 0 Å². The predicted octanol–water partition coefficient (Wildman–Crippen LogP) is 2.49. The van der Waals surface area contributed by atoms with E-state index in [1.165, 1.54) is 12.1 Å². The van der Waals surface area contributed by atoms with E-state index in [2.05, 4.69) is 34.4 Å². The number of rotatable bonds is 8. The van der Waals surface area contributed by atoms with Gasteiger partial charge in [0, 0.05) is 38.8 Å². The Kier molecular flexibility index (Phi) is 10.9. The number of ether oxygens (including phenoxy) is 2. The minimum atomic E-state index is -0.256. The third-order valence-corrected chi connectivity index (χ3v) is 4.48. The highest BCUT2D eigenvalue weighted by Crippen LogP contribution is 2.15. The average Bonchev–Trinajstić information content (AvgIpc) is 2.66. The molecule has 0 aliphatic carbocycles. The Labute approximate surface area is 178 Å². The van der Waals surface area contributed by atoms with Crippen LogP contribution < -0.4 is 15.4 Å². The molecule has 0 unspecified atom stereocenters. The molecule has 154 valence electrons. The summed E-state index contributed by atoms with van der Waals surface area (Å²) in [6.07, 6.45) is 0.824. The van der Waals surface area contributed by atoms with Crippen molar-refractivity contribution in [2.45, 2.75) is 25.8 Å². The Bertz CT molecular complexity index is 563. The van der Waals surface area contributed by atoms with Crippen LogP contribution in [0.3, 0.4) is 0 Å². The van der Waals surface area contributed by atoms with Gasteiger partial charge in [-0.15, -0.1) is 24.0 Å². The van der Waals surface area contributed by atoms with Crippen molar-refractivity contribution in [3.05, 3.63) is 30.1 Å². The molecule has 27 heavy (non-hydrogen) atoms. The normalized spacial score (nSPS) is 15.8. The van der Waals surface area contributed by atoms with Crippen molar-refractivity contribution < 1.29 is 13.9 Å². The van der Waals surface area contributed by atoms with Gasteiger partial charge in [-0.25, -0.2) is 4.39 Å². The van der Waals surface area contributed by atoms with Gasteiger partial charge in [-0.2, -0.15) is 0 Å². The van der Waals surface area contributed by atoms with Crippen LogP contribution in [0.2, 0.25) is 0 Å². The molecule has 1 heterocycles. The first-order valence-corrected chi connectivity index (χ1v) is 9.17. The number of morpholine rings is 1. The zero-order chi connectivity index (χ0) is 18.8. The summed E-state index contributed by atoms with van der Waals surface area (Å²) in [4.78, 5) is 6.71. The smallest absolute Gasteiger partial charge is 0.191 e. The first kappa shape index (κ1) is 23.9. The Morgan fingerprint density at radius 2 is 1.89 bits per heavy atom.